The lowest BCUT2D eigenvalue weighted by molar-refractivity contribution is -0.146. The van der Waals surface area contributed by atoms with E-state index in [1.165, 1.54) is 7.11 Å². The Bertz CT molecular complexity index is 582. The number of hydrogen-bond donors (Lipinski definition) is 0. The minimum Gasteiger partial charge on any atom is -0.468 e. The molecule has 0 radical (unpaired) electrons. The highest BCUT2D eigenvalue weighted by molar-refractivity contribution is 5.81. The van der Waals surface area contributed by atoms with Crippen molar-refractivity contribution in [2.45, 2.75) is 19.3 Å². The Balaban J connectivity index is 2.43. The van der Waals surface area contributed by atoms with Crippen molar-refractivity contribution < 1.29 is 9.53 Å². The number of aromatic nitrogens is 3. The number of carbonyl (C=O) groups is 1. The number of esters is 1. The molecule has 2 heterocycles. The van der Waals surface area contributed by atoms with Gasteiger partial charge in [0.05, 0.1) is 12.8 Å². The number of ether oxygens (including phenoxy) is 1. The molecule has 2 aromatic heterocycles. The Kier molecular flexibility index (Phi) is 3.55. The summed E-state index contributed by atoms with van der Waals surface area (Å²) in [6, 6.07) is 5.51. The SMILES string of the molecule is COC(=O)C(C)(C)c1nccc(-c2ccncc2)n1. The highest BCUT2D eigenvalue weighted by Crippen LogP contribution is 2.23. The first-order chi connectivity index (χ1) is 9.05. The molecule has 19 heavy (non-hydrogen) atoms. The predicted octanol–water partition coefficient (Wildman–Crippen LogP) is 1.99. The zero-order chi connectivity index (χ0) is 13.9. The van der Waals surface area contributed by atoms with Crippen molar-refractivity contribution >= 4 is 5.97 Å². The summed E-state index contributed by atoms with van der Waals surface area (Å²) in [6.45, 7) is 3.48. The zero-order valence-electron chi connectivity index (χ0n) is 11.1. The molecule has 0 N–H and O–H groups in total. The largest absolute Gasteiger partial charge is 0.468 e. The molecule has 2 rings (SSSR count). The van der Waals surface area contributed by atoms with Crippen molar-refractivity contribution in [2.75, 3.05) is 7.11 Å². The van der Waals surface area contributed by atoms with Crippen molar-refractivity contribution in [3.63, 3.8) is 0 Å². The fourth-order valence-corrected chi connectivity index (χ4v) is 1.69. The van der Waals surface area contributed by atoms with Crippen LogP contribution in [0.15, 0.2) is 36.8 Å². The lowest BCUT2D eigenvalue weighted by Crippen LogP contribution is -2.32. The van der Waals surface area contributed by atoms with Gasteiger partial charge in [0.15, 0.2) is 0 Å². The third-order valence-corrected chi connectivity index (χ3v) is 2.89. The van der Waals surface area contributed by atoms with Gasteiger partial charge < -0.3 is 4.74 Å². The molecule has 0 aliphatic carbocycles. The molecule has 5 heteroatoms. The molecule has 98 valence electrons. The second-order valence-electron chi connectivity index (χ2n) is 4.62. The maximum absolute atomic E-state index is 11.8. The smallest absolute Gasteiger partial charge is 0.318 e. The van der Waals surface area contributed by atoms with E-state index in [-0.39, 0.29) is 5.97 Å². The van der Waals surface area contributed by atoms with Gasteiger partial charge in [-0.05, 0) is 32.0 Å². The first kappa shape index (κ1) is 13.1. The monoisotopic (exact) mass is 257 g/mol. The van der Waals surface area contributed by atoms with Crippen LogP contribution >= 0.6 is 0 Å². The molecule has 0 saturated heterocycles. The standard InChI is InChI=1S/C14H15N3O2/c1-14(2,13(18)19-3)12-16-9-6-11(17-12)10-4-7-15-8-5-10/h4-9H,1-3H3. The van der Waals surface area contributed by atoms with Crippen molar-refractivity contribution in [2.24, 2.45) is 0 Å². The molecule has 0 bridgehead atoms. The van der Waals surface area contributed by atoms with Gasteiger partial charge in [0.1, 0.15) is 11.2 Å². The number of rotatable bonds is 3. The quantitative estimate of drug-likeness (QED) is 0.787. The van der Waals surface area contributed by atoms with Crippen LogP contribution in [0.1, 0.15) is 19.7 Å². The first-order valence-electron chi connectivity index (χ1n) is 5.88. The van der Waals surface area contributed by atoms with Crippen LogP contribution in [0.4, 0.5) is 0 Å². The van der Waals surface area contributed by atoms with Crippen LogP contribution in [0.2, 0.25) is 0 Å². The lowest BCUT2D eigenvalue weighted by Gasteiger charge is -2.20. The van der Waals surface area contributed by atoms with Crippen molar-refractivity contribution in [1.82, 2.24) is 15.0 Å². The van der Waals surface area contributed by atoms with Gasteiger partial charge in [0, 0.05) is 24.2 Å². The van der Waals surface area contributed by atoms with Crippen LogP contribution in [0.25, 0.3) is 11.3 Å². The fraction of sp³-hybridized carbons (Fsp3) is 0.286. The normalized spacial score (nSPS) is 11.1. The second-order valence-corrected chi connectivity index (χ2v) is 4.62. The van der Waals surface area contributed by atoms with E-state index in [0.29, 0.717) is 5.82 Å². The molecule has 0 aliphatic rings. The molecular formula is C14H15N3O2. The van der Waals surface area contributed by atoms with Crippen LogP contribution in [0.5, 0.6) is 0 Å². The molecule has 0 amide bonds. The Morgan fingerprint density at radius 3 is 2.47 bits per heavy atom. The van der Waals surface area contributed by atoms with Gasteiger partial charge in [0.2, 0.25) is 0 Å². The van der Waals surface area contributed by atoms with Crippen molar-refractivity contribution in [3.8, 4) is 11.3 Å². The van der Waals surface area contributed by atoms with E-state index < -0.39 is 5.41 Å². The summed E-state index contributed by atoms with van der Waals surface area (Å²) >= 11 is 0. The van der Waals surface area contributed by atoms with Crippen molar-refractivity contribution in [3.05, 3.63) is 42.6 Å². The highest BCUT2D eigenvalue weighted by Gasteiger charge is 2.34. The molecule has 0 aliphatic heterocycles. The minimum atomic E-state index is -0.877. The van der Waals surface area contributed by atoms with Gasteiger partial charge >= 0.3 is 5.97 Å². The average Bonchev–Trinajstić information content (AvgIpc) is 2.47. The van der Waals surface area contributed by atoms with Crippen LogP contribution in [-0.2, 0) is 14.9 Å². The minimum absolute atomic E-state index is 0.362. The van der Waals surface area contributed by atoms with Crippen molar-refractivity contribution in [1.29, 1.82) is 0 Å². The van der Waals surface area contributed by atoms with E-state index in [4.69, 9.17) is 4.74 Å². The number of hydrogen-bond acceptors (Lipinski definition) is 5. The van der Waals surface area contributed by atoms with Gasteiger partial charge in [0.25, 0.3) is 0 Å². The van der Waals surface area contributed by atoms with E-state index in [1.54, 1.807) is 38.5 Å². The van der Waals surface area contributed by atoms with Gasteiger partial charge in [-0.15, -0.1) is 0 Å². The Morgan fingerprint density at radius 2 is 1.84 bits per heavy atom. The lowest BCUT2D eigenvalue weighted by atomic mass is 9.92. The Labute approximate surface area is 111 Å². The molecule has 5 nitrogen and oxygen atoms in total. The Hall–Kier alpha value is -2.30. The molecule has 0 spiro atoms. The summed E-state index contributed by atoms with van der Waals surface area (Å²) in [5.74, 6) is 0.0769. The fourth-order valence-electron chi connectivity index (χ4n) is 1.69. The first-order valence-corrected chi connectivity index (χ1v) is 5.88. The van der Waals surface area contributed by atoms with Gasteiger partial charge in [-0.3, -0.25) is 9.78 Å². The van der Waals surface area contributed by atoms with Gasteiger partial charge in [-0.25, -0.2) is 9.97 Å². The maximum Gasteiger partial charge on any atom is 0.318 e. The van der Waals surface area contributed by atoms with Crippen LogP contribution < -0.4 is 0 Å². The number of carbonyl (C=O) groups excluding carboxylic acids is 1. The summed E-state index contributed by atoms with van der Waals surface area (Å²) in [7, 11) is 1.36. The number of nitrogens with zero attached hydrogens (tertiary/aromatic N) is 3. The van der Waals surface area contributed by atoms with Gasteiger partial charge in [-0.1, -0.05) is 0 Å². The third kappa shape index (κ3) is 2.59. The van der Waals surface area contributed by atoms with Gasteiger partial charge in [-0.2, -0.15) is 0 Å². The maximum atomic E-state index is 11.8. The second kappa shape index (κ2) is 5.14. The summed E-state index contributed by atoms with van der Waals surface area (Å²) in [6.07, 6.45) is 5.04. The van der Waals surface area contributed by atoms with Crippen LogP contribution in [0.3, 0.4) is 0 Å². The molecule has 0 saturated carbocycles. The average molecular weight is 257 g/mol. The van der Waals surface area contributed by atoms with Crippen LogP contribution in [-0.4, -0.2) is 28.0 Å². The van der Waals surface area contributed by atoms with Crippen LogP contribution in [0, 0.1) is 0 Å². The highest BCUT2D eigenvalue weighted by atomic mass is 16.5. The zero-order valence-corrected chi connectivity index (χ0v) is 11.1. The Morgan fingerprint density at radius 1 is 1.16 bits per heavy atom. The predicted molar refractivity (Wildman–Crippen MR) is 70.3 cm³/mol. The summed E-state index contributed by atoms with van der Waals surface area (Å²) in [5.41, 5.74) is 0.807. The van der Waals surface area contributed by atoms with E-state index >= 15 is 0 Å². The molecule has 2 aromatic rings. The topological polar surface area (TPSA) is 65.0 Å². The molecule has 0 fully saturated rings. The van der Waals surface area contributed by atoms with E-state index in [0.717, 1.165) is 11.3 Å². The third-order valence-electron chi connectivity index (χ3n) is 2.89. The number of methoxy groups -OCH3 is 1. The van der Waals surface area contributed by atoms with E-state index in [2.05, 4.69) is 15.0 Å². The van der Waals surface area contributed by atoms with E-state index in [1.807, 2.05) is 12.1 Å². The summed E-state index contributed by atoms with van der Waals surface area (Å²) in [4.78, 5) is 24.4. The molecule has 0 atom stereocenters. The summed E-state index contributed by atoms with van der Waals surface area (Å²) < 4.78 is 4.79. The van der Waals surface area contributed by atoms with E-state index in [9.17, 15) is 4.79 Å². The summed E-state index contributed by atoms with van der Waals surface area (Å²) in [5, 5.41) is 0. The molecule has 0 aromatic carbocycles. The number of pyridine rings is 1. The molecule has 0 unspecified atom stereocenters. The molecular weight excluding hydrogens is 242 g/mol.